The Bertz CT molecular complexity index is 1230. The summed E-state index contributed by atoms with van der Waals surface area (Å²) in [4.78, 5) is 11.1. The highest BCUT2D eigenvalue weighted by molar-refractivity contribution is 5.95. The van der Waals surface area contributed by atoms with Gasteiger partial charge in [-0.1, -0.05) is 6.92 Å². The predicted octanol–water partition coefficient (Wildman–Crippen LogP) is 3.63. The van der Waals surface area contributed by atoms with Crippen LogP contribution in [0.5, 0.6) is 5.75 Å². The molecule has 3 heterocycles. The van der Waals surface area contributed by atoms with E-state index < -0.39 is 5.82 Å². The first-order valence-corrected chi connectivity index (χ1v) is 10.8. The van der Waals surface area contributed by atoms with Crippen LogP contribution in [-0.2, 0) is 6.42 Å². The van der Waals surface area contributed by atoms with Crippen LogP contribution in [0.2, 0.25) is 0 Å². The van der Waals surface area contributed by atoms with E-state index in [1.54, 1.807) is 0 Å². The van der Waals surface area contributed by atoms with E-state index >= 15 is 0 Å². The van der Waals surface area contributed by atoms with Crippen molar-refractivity contribution in [3.05, 3.63) is 36.2 Å². The van der Waals surface area contributed by atoms with Gasteiger partial charge in [0.1, 0.15) is 17.1 Å². The second kappa shape index (κ2) is 8.97. The van der Waals surface area contributed by atoms with Crippen LogP contribution in [0.4, 0.5) is 16.0 Å². The van der Waals surface area contributed by atoms with Crippen molar-refractivity contribution in [3.63, 3.8) is 0 Å². The SMILES string of the molecule is CCC(C)n1cc(N(C)CCCCc2nc3c4cc(F)cc(OC)c4nc(N)n3n2)cn1. The van der Waals surface area contributed by atoms with Crippen molar-refractivity contribution in [2.45, 2.75) is 45.6 Å². The quantitative estimate of drug-likeness (QED) is 0.397. The molecule has 1 aromatic carbocycles. The number of aromatic nitrogens is 6. The van der Waals surface area contributed by atoms with Gasteiger partial charge in [-0.25, -0.2) is 14.4 Å². The Kier molecular flexibility index (Phi) is 6.11. The van der Waals surface area contributed by atoms with Crippen LogP contribution in [0.25, 0.3) is 16.6 Å². The van der Waals surface area contributed by atoms with Crippen LogP contribution >= 0.6 is 0 Å². The first kappa shape index (κ1) is 21.8. The Labute approximate surface area is 186 Å². The van der Waals surface area contributed by atoms with Gasteiger partial charge in [-0.3, -0.25) is 4.68 Å². The smallest absolute Gasteiger partial charge is 0.223 e. The summed E-state index contributed by atoms with van der Waals surface area (Å²) in [7, 11) is 3.54. The lowest BCUT2D eigenvalue weighted by Crippen LogP contribution is -2.18. The summed E-state index contributed by atoms with van der Waals surface area (Å²) in [6.07, 6.45) is 7.61. The fourth-order valence-corrected chi connectivity index (χ4v) is 3.69. The Morgan fingerprint density at radius 2 is 2.06 bits per heavy atom. The number of nitrogen functional groups attached to an aromatic ring is 1. The van der Waals surface area contributed by atoms with Crippen LogP contribution in [0.15, 0.2) is 24.5 Å². The second-order valence-electron chi connectivity index (χ2n) is 8.05. The zero-order valence-corrected chi connectivity index (χ0v) is 18.9. The zero-order chi connectivity index (χ0) is 22.8. The second-order valence-corrected chi connectivity index (χ2v) is 8.05. The molecule has 0 spiro atoms. The molecule has 0 saturated heterocycles. The molecular formula is C22H29FN8O. The van der Waals surface area contributed by atoms with E-state index in [-0.39, 0.29) is 5.95 Å². The summed E-state index contributed by atoms with van der Waals surface area (Å²) in [5.41, 5.74) is 8.13. The first-order valence-electron chi connectivity index (χ1n) is 10.8. The van der Waals surface area contributed by atoms with Gasteiger partial charge in [0.2, 0.25) is 5.95 Å². The molecule has 0 radical (unpaired) electrons. The highest BCUT2D eigenvalue weighted by Gasteiger charge is 2.16. The van der Waals surface area contributed by atoms with Gasteiger partial charge in [-0.05, 0) is 32.3 Å². The van der Waals surface area contributed by atoms with E-state index in [2.05, 4.69) is 52.2 Å². The third kappa shape index (κ3) is 4.17. The summed E-state index contributed by atoms with van der Waals surface area (Å²) in [5, 5.41) is 9.46. The third-order valence-electron chi connectivity index (χ3n) is 5.81. The van der Waals surface area contributed by atoms with Crippen LogP contribution in [0, 0.1) is 5.82 Å². The molecule has 1 unspecified atom stereocenters. The number of aryl methyl sites for hydroxylation is 1. The molecule has 170 valence electrons. The van der Waals surface area contributed by atoms with Crippen LogP contribution < -0.4 is 15.4 Å². The first-order chi connectivity index (χ1) is 15.4. The lowest BCUT2D eigenvalue weighted by atomic mass is 10.2. The fraction of sp³-hybridized carbons (Fsp3) is 0.455. The molecule has 0 bridgehead atoms. The molecule has 4 aromatic rings. The number of halogens is 1. The summed E-state index contributed by atoms with van der Waals surface area (Å²) < 4.78 is 22.8. The molecule has 0 saturated carbocycles. The van der Waals surface area contributed by atoms with Crippen molar-refractivity contribution in [1.29, 1.82) is 0 Å². The molecule has 9 nitrogen and oxygen atoms in total. The molecule has 0 fully saturated rings. The zero-order valence-electron chi connectivity index (χ0n) is 18.9. The average molecular weight is 441 g/mol. The lowest BCUT2D eigenvalue weighted by molar-refractivity contribution is 0.415. The molecule has 2 N–H and O–H groups in total. The maximum absolute atomic E-state index is 14.0. The Hall–Kier alpha value is -3.43. The summed E-state index contributed by atoms with van der Waals surface area (Å²) in [5.74, 6) is 0.737. The number of benzene rings is 1. The van der Waals surface area contributed by atoms with Gasteiger partial charge in [0.05, 0.1) is 24.4 Å². The number of anilines is 2. The normalized spacial score (nSPS) is 12.5. The van der Waals surface area contributed by atoms with E-state index in [0.717, 1.165) is 31.5 Å². The van der Waals surface area contributed by atoms with E-state index in [4.69, 9.17) is 10.5 Å². The molecule has 32 heavy (non-hydrogen) atoms. The van der Waals surface area contributed by atoms with Crippen molar-refractivity contribution in [1.82, 2.24) is 29.4 Å². The van der Waals surface area contributed by atoms with E-state index in [1.807, 2.05) is 10.9 Å². The number of hydrogen-bond acceptors (Lipinski definition) is 7. The minimum atomic E-state index is -0.424. The predicted molar refractivity (Wildman–Crippen MR) is 123 cm³/mol. The number of fused-ring (bicyclic) bond motifs is 3. The molecule has 0 aliphatic carbocycles. The van der Waals surface area contributed by atoms with Gasteiger partial charge in [0.15, 0.2) is 11.5 Å². The molecule has 10 heteroatoms. The molecular weight excluding hydrogens is 411 g/mol. The van der Waals surface area contributed by atoms with Crippen LogP contribution in [0.1, 0.15) is 45.0 Å². The monoisotopic (exact) mass is 440 g/mol. The Morgan fingerprint density at radius 1 is 1.25 bits per heavy atom. The third-order valence-corrected chi connectivity index (χ3v) is 5.81. The van der Waals surface area contributed by atoms with Crippen molar-refractivity contribution in [2.24, 2.45) is 0 Å². The van der Waals surface area contributed by atoms with Crippen LogP contribution in [0.3, 0.4) is 0 Å². The molecule has 1 atom stereocenters. The van der Waals surface area contributed by atoms with E-state index in [1.165, 1.54) is 23.8 Å². The number of nitrogens with two attached hydrogens (primary N) is 1. The Morgan fingerprint density at radius 3 is 2.81 bits per heavy atom. The number of methoxy groups -OCH3 is 1. The maximum Gasteiger partial charge on any atom is 0.223 e. The van der Waals surface area contributed by atoms with Gasteiger partial charge in [-0.2, -0.15) is 9.61 Å². The highest BCUT2D eigenvalue weighted by Crippen LogP contribution is 2.29. The minimum Gasteiger partial charge on any atom is -0.494 e. The maximum atomic E-state index is 14.0. The number of nitrogens with zero attached hydrogens (tertiary/aromatic N) is 7. The highest BCUT2D eigenvalue weighted by atomic mass is 19.1. The van der Waals surface area contributed by atoms with E-state index in [9.17, 15) is 4.39 Å². The largest absolute Gasteiger partial charge is 0.494 e. The summed E-state index contributed by atoms with van der Waals surface area (Å²) in [6, 6.07) is 3.06. The standard InChI is InChI=1S/C22H29FN8O/c1-5-14(2)30-13-16(12-25-30)29(3)9-7-6-8-19-26-21-17-10-15(23)11-18(32-4)20(17)27-22(24)31(21)28-19/h10-14H,5-9H2,1-4H3,(H2,24,27). The van der Waals surface area contributed by atoms with Crippen LogP contribution in [-0.4, -0.2) is 50.1 Å². The van der Waals surface area contributed by atoms with Crippen molar-refractivity contribution < 1.29 is 9.13 Å². The number of unbranched alkanes of at least 4 members (excludes halogenated alkanes) is 1. The van der Waals surface area contributed by atoms with Gasteiger partial charge >= 0.3 is 0 Å². The number of ether oxygens (including phenoxy) is 1. The number of rotatable bonds is 9. The Balaban J connectivity index is 1.44. The average Bonchev–Trinajstić information content (AvgIpc) is 3.44. The van der Waals surface area contributed by atoms with Gasteiger partial charge in [0.25, 0.3) is 0 Å². The topological polar surface area (TPSA) is 99.4 Å². The summed E-state index contributed by atoms with van der Waals surface area (Å²) in [6.45, 7) is 5.21. The lowest BCUT2D eigenvalue weighted by Gasteiger charge is -2.16. The molecule has 0 aliphatic rings. The summed E-state index contributed by atoms with van der Waals surface area (Å²) >= 11 is 0. The fourth-order valence-electron chi connectivity index (χ4n) is 3.69. The molecule has 0 aliphatic heterocycles. The number of hydrogen-bond donors (Lipinski definition) is 1. The van der Waals surface area contributed by atoms with Crippen molar-refractivity contribution in [2.75, 3.05) is 31.3 Å². The van der Waals surface area contributed by atoms with Gasteiger partial charge in [-0.15, -0.1) is 5.10 Å². The van der Waals surface area contributed by atoms with Crippen molar-refractivity contribution >= 4 is 28.2 Å². The van der Waals surface area contributed by atoms with Crippen molar-refractivity contribution in [3.8, 4) is 5.75 Å². The van der Waals surface area contributed by atoms with Gasteiger partial charge < -0.3 is 15.4 Å². The van der Waals surface area contributed by atoms with Gasteiger partial charge in [0, 0.05) is 38.3 Å². The molecule has 0 amide bonds. The molecule has 4 rings (SSSR count). The molecule has 3 aromatic heterocycles. The minimum absolute atomic E-state index is 0.189. The van der Waals surface area contributed by atoms with E-state index in [0.29, 0.717) is 40.6 Å².